The average Bonchev–Trinajstić information content (AvgIpc) is 2.50. The lowest BCUT2D eigenvalue weighted by atomic mass is 10.1. The summed E-state index contributed by atoms with van der Waals surface area (Å²) in [5, 5.41) is 6.35. The molecule has 1 amide bonds. The van der Waals surface area contributed by atoms with Crippen molar-refractivity contribution in [3.63, 3.8) is 0 Å². The third-order valence-electron chi connectivity index (χ3n) is 2.95. The fraction of sp³-hybridized carbons (Fsp3) is 0.125. The maximum absolute atomic E-state index is 12.0. The first kappa shape index (κ1) is 15.5. The van der Waals surface area contributed by atoms with Gasteiger partial charge in [0.2, 0.25) is 0 Å². The van der Waals surface area contributed by atoms with Crippen LogP contribution in [0.15, 0.2) is 48.5 Å². The van der Waals surface area contributed by atoms with E-state index in [0.717, 1.165) is 12.0 Å². The number of rotatable bonds is 3. The first-order valence-corrected chi connectivity index (χ1v) is 7.34. The van der Waals surface area contributed by atoms with Crippen molar-refractivity contribution in [1.82, 2.24) is 5.32 Å². The number of halogens is 1. The molecule has 0 radical (unpaired) electrons. The maximum atomic E-state index is 12.0. The Balaban J connectivity index is 2.00. The van der Waals surface area contributed by atoms with E-state index in [9.17, 15) is 4.79 Å². The first-order valence-electron chi connectivity index (χ1n) is 6.56. The molecule has 0 saturated carbocycles. The molecule has 0 aliphatic rings. The minimum atomic E-state index is -0.255. The minimum Gasteiger partial charge on any atom is -0.331 e. The van der Waals surface area contributed by atoms with Crippen molar-refractivity contribution in [3.05, 3.63) is 64.7 Å². The Hall–Kier alpha value is -1.91. The lowest BCUT2D eigenvalue weighted by Gasteiger charge is -2.11. The van der Waals surface area contributed by atoms with Gasteiger partial charge in [0.25, 0.3) is 5.91 Å². The molecule has 0 spiro atoms. The summed E-state index contributed by atoms with van der Waals surface area (Å²) in [5.41, 5.74) is 2.37. The second-order valence-corrected chi connectivity index (χ2v) is 5.26. The predicted molar refractivity (Wildman–Crippen MR) is 91.0 cm³/mol. The topological polar surface area (TPSA) is 41.1 Å². The van der Waals surface area contributed by atoms with Crippen LogP contribution in [-0.4, -0.2) is 11.0 Å². The first-order chi connectivity index (χ1) is 10.1. The molecular weight excluding hydrogens is 304 g/mol. The zero-order chi connectivity index (χ0) is 15.2. The van der Waals surface area contributed by atoms with Crippen LogP contribution in [0.3, 0.4) is 0 Å². The molecule has 0 unspecified atom stereocenters. The Morgan fingerprint density at radius 2 is 1.90 bits per heavy atom. The van der Waals surface area contributed by atoms with Crippen LogP contribution >= 0.6 is 23.8 Å². The quantitative estimate of drug-likeness (QED) is 0.840. The molecule has 0 fully saturated rings. The summed E-state index contributed by atoms with van der Waals surface area (Å²) in [6, 6.07) is 14.6. The molecule has 0 saturated heterocycles. The normalized spacial score (nSPS) is 10.0. The molecule has 0 bridgehead atoms. The van der Waals surface area contributed by atoms with Crippen molar-refractivity contribution < 1.29 is 4.79 Å². The van der Waals surface area contributed by atoms with Crippen LogP contribution in [0.25, 0.3) is 0 Å². The molecule has 21 heavy (non-hydrogen) atoms. The molecular formula is C16H15ClN2OS. The zero-order valence-electron chi connectivity index (χ0n) is 11.5. The molecule has 2 aromatic carbocycles. The largest absolute Gasteiger partial charge is 0.331 e. The third-order valence-corrected chi connectivity index (χ3v) is 3.47. The SMILES string of the molecule is CCc1ccc(NC(=S)NC(=O)c2ccccc2)c(Cl)c1. The number of nitrogens with one attached hydrogen (secondary N) is 2. The van der Waals surface area contributed by atoms with Gasteiger partial charge in [-0.25, -0.2) is 0 Å². The molecule has 5 heteroatoms. The zero-order valence-corrected chi connectivity index (χ0v) is 13.1. The highest BCUT2D eigenvalue weighted by Crippen LogP contribution is 2.23. The lowest BCUT2D eigenvalue weighted by molar-refractivity contribution is 0.0978. The van der Waals surface area contributed by atoms with Crippen LogP contribution in [0.5, 0.6) is 0 Å². The number of hydrogen-bond acceptors (Lipinski definition) is 2. The minimum absolute atomic E-state index is 0.218. The van der Waals surface area contributed by atoms with Gasteiger partial charge in [-0.1, -0.05) is 42.8 Å². The van der Waals surface area contributed by atoms with E-state index in [1.54, 1.807) is 24.3 Å². The molecule has 0 aliphatic heterocycles. The van der Waals surface area contributed by atoms with Gasteiger partial charge in [0.15, 0.2) is 5.11 Å². The van der Waals surface area contributed by atoms with Crippen molar-refractivity contribution in [2.75, 3.05) is 5.32 Å². The lowest BCUT2D eigenvalue weighted by Crippen LogP contribution is -2.34. The second-order valence-electron chi connectivity index (χ2n) is 4.44. The van der Waals surface area contributed by atoms with E-state index in [0.29, 0.717) is 16.3 Å². The van der Waals surface area contributed by atoms with Crippen LogP contribution in [0.4, 0.5) is 5.69 Å². The van der Waals surface area contributed by atoms with Crippen molar-refractivity contribution >= 4 is 40.5 Å². The van der Waals surface area contributed by atoms with Crippen molar-refractivity contribution in [2.24, 2.45) is 0 Å². The van der Waals surface area contributed by atoms with Crippen LogP contribution in [0, 0.1) is 0 Å². The van der Waals surface area contributed by atoms with E-state index < -0.39 is 0 Å². The highest BCUT2D eigenvalue weighted by atomic mass is 35.5. The van der Waals surface area contributed by atoms with Gasteiger partial charge >= 0.3 is 0 Å². The van der Waals surface area contributed by atoms with Gasteiger partial charge in [-0.3, -0.25) is 10.1 Å². The molecule has 2 aromatic rings. The van der Waals surface area contributed by atoms with E-state index in [4.69, 9.17) is 23.8 Å². The van der Waals surface area contributed by atoms with E-state index in [1.165, 1.54) is 0 Å². The van der Waals surface area contributed by atoms with Crippen LogP contribution in [0.2, 0.25) is 5.02 Å². The number of thiocarbonyl (C=S) groups is 1. The molecule has 0 aromatic heterocycles. The Bertz CT molecular complexity index is 659. The van der Waals surface area contributed by atoms with E-state index in [-0.39, 0.29) is 11.0 Å². The molecule has 0 atom stereocenters. The van der Waals surface area contributed by atoms with E-state index >= 15 is 0 Å². The van der Waals surface area contributed by atoms with Gasteiger partial charge in [-0.15, -0.1) is 0 Å². The maximum Gasteiger partial charge on any atom is 0.257 e. The fourth-order valence-corrected chi connectivity index (χ4v) is 2.25. The van der Waals surface area contributed by atoms with Gasteiger partial charge in [0.05, 0.1) is 10.7 Å². The number of amides is 1. The monoisotopic (exact) mass is 318 g/mol. The standard InChI is InChI=1S/C16H15ClN2OS/c1-2-11-8-9-14(13(17)10-11)18-16(21)19-15(20)12-6-4-3-5-7-12/h3-10H,2H2,1H3,(H2,18,19,20,21). The summed E-state index contributed by atoms with van der Waals surface area (Å²) in [6.45, 7) is 2.06. The van der Waals surface area contributed by atoms with Gasteiger partial charge < -0.3 is 5.32 Å². The Morgan fingerprint density at radius 1 is 1.19 bits per heavy atom. The molecule has 0 heterocycles. The van der Waals surface area contributed by atoms with Crippen molar-refractivity contribution in [3.8, 4) is 0 Å². The average molecular weight is 319 g/mol. The summed E-state index contributed by atoms with van der Waals surface area (Å²) in [5.74, 6) is -0.255. The second kappa shape index (κ2) is 7.20. The number of hydrogen-bond donors (Lipinski definition) is 2. The third kappa shape index (κ3) is 4.28. The molecule has 3 nitrogen and oxygen atoms in total. The van der Waals surface area contributed by atoms with Gasteiger partial charge in [0, 0.05) is 5.56 Å². The van der Waals surface area contributed by atoms with Gasteiger partial charge in [-0.05, 0) is 48.5 Å². The fourth-order valence-electron chi connectivity index (χ4n) is 1.80. The van der Waals surface area contributed by atoms with Crippen LogP contribution < -0.4 is 10.6 Å². The number of aryl methyl sites for hydroxylation is 1. The summed E-state index contributed by atoms with van der Waals surface area (Å²) < 4.78 is 0. The van der Waals surface area contributed by atoms with Crippen LogP contribution in [-0.2, 0) is 6.42 Å². The van der Waals surface area contributed by atoms with Gasteiger partial charge in [-0.2, -0.15) is 0 Å². The number of anilines is 1. The Morgan fingerprint density at radius 3 is 2.52 bits per heavy atom. The molecule has 2 rings (SSSR count). The summed E-state index contributed by atoms with van der Waals surface area (Å²) in [6.07, 6.45) is 0.912. The summed E-state index contributed by atoms with van der Waals surface area (Å²) in [7, 11) is 0. The molecule has 2 N–H and O–H groups in total. The smallest absolute Gasteiger partial charge is 0.257 e. The van der Waals surface area contributed by atoms with Crippen LogP contribution in [0.1, 0.15) is 22.8 Å². The summed E-state index contributed by atoms with van der Waals surface area (Å²) >= 11 is 11.3. The van der Waals surface area contributed by atoms with Crippen molar-refractivity contribution in [1.29, 1.82) is 0 Å². The number of benzene rings is 2. The Kier molecular flexibility index (Phi) is 5.31. The molecule has 108 valence electrons. The highest BCUT2D eigenvalue weighted by molar-refractivity contribution is 7.80. The highest BCUT2D eigenvalue weighted by Gasteiger charge is 2.08. The predicted octanol–water partition coefficient (Wildman–Crippen LogP) is 4.03. The number of carbonyl (C=O) groups excluding carboxylic acids is 1. The molecule has 0 aliphatic carbocycles. The van der Waals surface area contributed by atoms with E-state index in [2.05, 4.69) is 17.6 Å². The van der Waals surface area contributed by atoms with E-state index in [1.807, 2.05) is 24.3 Å². The Labute approximate surface area is 134 Å². The number of carbonyl (C=O) groups is 1. The summed E-state index contributed by atoms with van der Waals surface area (Å²) in [4.78, 5) is 12.0. The van der Waals surface area contributed by atoms with Crippen molar-refractivity contribution in [2.45, 2.75) is 13.3 Å². The van der Waals surface area contributed by atoms with Gasteiger partial charge in [0.1, 0.15) is 0 Å².